The first-order chi connectivity index (χ1) is 2.56. The van der Waals surface area contributed by atoms with Gasteiger partial charge in [0.1, 0.15) is 0 Å². The van der Waals surface area contributed by atoms with E-state index in [-0.39, 0.29) is 0 Å². The van der Waals surface area contributed by atoms with Crippen LogP contribution in [0.2, 0.25) is 0 Å². The summed E-state index contributed by atoms with van der Waals surface area (Å²) in [5.74, 6) is 0. The minimum atomic E-state index is -3.30. The van der Waals surface area contributed by atoms with Gasteiger partial charge < -0.3 is 9.79 Å². The zero-order valence-corrected chi connectivity index (χ0v) is 5.09. The van der Waals surface area contributed by atoms with E-state index in [0.29, 0.717) is 0 Å². The Morgan fingerprint density at radius 1 is 1.67 bits per heavy atom. The molecule has 0 spiro atoms. The average Bonchev–Trinajstić information content (AvgIpc) is 1.35. The smallest absolute Gasteiger partial charge is 0.270 e. The number of halogens is 1. The minimum absolute atomic E-state index is 1.61. The first kappa shape index (κ1) is 6.82. The molecule has 0 bridgehead atoms. The number of rotatable bonds is 1. The summed E-state index contributed by atoms with van der Waals surface area (Å²) in [6, 6.07) is 0. The molecule has 0 rings (SSSR count). The zero-order valence-electron chi connectivity index (χ0n) is 2.63. The maximum absolute atomic E-state index is 8.06. The van der Waals surface area contributed by atoms with Crippen LogP contribution in [0.1, 0.15) is 0 Å². The third-order valence-electron chi connectivity index (χ3n) is 0.110. The molecule has 0 aromatic heterocycles. The van der Waals surface area contributed by atoms with Gasteiger partial charge in [0.05, 0.1) is 0 Å². The van der Waals surface area contributed by atoms with Gasteiger partial charge in [-0.05, 0) is 23.6 Å². The quantitative estimate of drug-likeness (QED) is 0.359. The van der Waals surface area contributed by atoms with Crippen molar-refractivity contribution >= 4 is 30.2 Å². The molecule has 0 radical (unpaired) electrons. The van der Waals surface area contributed by atoms with E-state index < -0.39 is 6.64 Å². The van der Waals surface area contributed by atoms with Crippen LogP contribution in [0.4, 0.5) is 0 Å². The Morgan fingerprint density at radius 2 is 1.83 bits per heavy atom. The van der Waals surface area contributed by atoms with Crippen LogP contribution in [0.15, 0.2) is 0 Å². The van der Waals surface area contributed by atoms with E-state index in [1.54, 1.807) is 4.61 Å². The van der Waals surface area contributed by atoms with Gasteiger partial charge >= 0.3 is 0 Å². The molecule has 0 heterocycles. The van der Waals surface area contributed by atoms with E-state index in [1.807, 2.05) is 0 Å². The van der Waals surface area contributed by atoms with Gasteiger partial charge in [-0.1, -0.05) is 0 Å². The second-order valence-corrected chi connectivity index (χ2v) is 3.92. The highest BCUT2D eigenvalue weighted by Gasteiger charge is 1.99. The average molecular weight is 148 g/mol. The van der Waals surface area contributed by atoms with Gasteiger partial charge in [0.2, 0.25) is 0 Å². The van der Waals surface area contributed by atoms with E-state index in [2.05, 4.69) is 23.6 Å². The molecule has 6 heavy (non-hydrogen) atoms. The predicted molar refractivity (Wildman–Crippen MR) is 27.7 cm³/mol. The Kier molecular flexibility index (Phi) is 2.51. The predicted octanol–water partition coefficient (Wildman–Crippen LogP) is -0.0611. The molecule has 0 fully saturated rings. The first-order valence-corrected chi connectivity index (χ1v) is 4.08. The van der Waals surface area contributed by atoms with Crippen LogP contribution in [-0.4, -0.2) is 9.79 Å². The van der Waals surface area contributed by atoms with E-state index in [0.717, 1.165) is 0 Å². The molecule has 0 aromatic carbocycles. The molecule has 0 aliphatic heterocycles. The van der Waals surface area contributed by atoms with Gasteiger partial charge in [0, 0.05) is 0 Å². The Bertz CT molecular complexity index is 77.6. The summed E-state index contributed by atoms with van der Waals surface area (Å²) in [4.78, 5) is 16.1. The molecule has 0 saturated carbocycles. The second-order valence-electron chi connectivity index (χ2n) is 0.629. The Balaban J connectivity index is 3.48. The lowest BCUT2D eigenvalue weighted by molar-refractivity contribution is 0.475. The van der Waals surface area contributed by atoms with Crippen molar-refractivity contribution < 1.29 is 9.79 Å². The fourth-order valence-corrected chi connectivity index (χ4v) is 0. The van der Waals surface area contributed by atoms with Crippen LogP contribution in [0.5, 0.6) is 0 Å². The highest BCUT2D eigenvalue weighted by Crippen LogP contribution is 2.28. The van der Waals surface area contributed by atoms with Crippen LogP contribution in [0.25, 0.3) is 0 Å². The van der Waals surface area contributed by atoms with E-state index >= 15 is 0 Å². The zero-order chi connectivity index (χ0) is 5.21. The summed E-state index contributed by atoms with van der Waals surface area (Å²) < 4.78 is 1.61. The molecule has 0 amide bonds. The lowest BCUT2D eigenvalue weighted by Crippen LogP contribution is -1.90. The molecular formula is H3ClNO2PS. The monoisotopic (exact) mass is 147 g/mol. The van der Waals surface area contributed by atoms with Crippen molar-refractivity contribution in [1.29, 1.82) is 0 Å². The SMILES string of the molecule is OP(O)(=S)NCl. The molecule has 0 unspecified atom stereocenters. The fourth-order valence-electron chi connectivity index (χ4n) is 0. The van der Waals surface area contributed by atoms with E-state index in [1.165, 1.54) is 0 Å². The van der Waals surface area contributed by atoms with Crippen molar-refractivity contribution in [3.63, 3.8) is 0 Å². The fraction of sp³-hybridized carbons (Fsp3) is 0. The van der Waals surface area contributed by atoms with Crippen LogP contribution in [0, 0.1) is 0 Å². The molecule has 6 heteroatoms. The number of hydrogen-bond donors (Lipinski definition) is 3. The van der Waals surface area contributed by atoms with Crippen LogP contribution >= 0.6 is 18.4 Å². The van der Waals surface area contributed by atoms with E-state index in [9.17, 15) is 0 Å². The van der Waals surface area contributed by atoms with Crippen LogP contribution in [-0.2, 0) is 11.8 Å². The molecular weight excluding hydrogens is 144 g/mol. The van der Waals surface area contributed by atoms with Crippen molar-refractivity contribution in [2.75, 3.05) is 0 Å². The van der Waals surface area contributed by atoms with Crippen molar-refractivity contribution in [2.45, 2.75) is 0 Å². The lowest BCUT2D eigenvalue weighted by atomic mass is 13.9. The van der Waals surface area contributed by atoms with Gasteiger partial charge in [-0.3, -0.25) is 0 Å². The molecule has 0 aliphatic carbocycles. The third kappa shape index (κ3) is 4.82. The standard InChI is InChI=1S/ClH3NO2PS/c1-2-5(3,4)6/h(H3,2,3,4,6). The summed E-state index contributed by atoms with van der Waals surface area (Å²) in [5.41, 5.74) is 0. The molecule has 38 valence electrons. The second kappa shape index (κ2) is 2.21. The van der Waals surface area contributed by atoms with Crippen molar-refractivity contribution in [3.05, 3.63) is 0 Å². The summed E-state index contributed by atoms with van der Waals surface area (Å²) >= 11 is 8.64. The van der Waals surface area contributed by atoms with Gasteiger partial charge in [0.15, 0.2) is 0 Å². The first-order valence-electron chi connectivity index (χ1n) is 0.995. The Hall–Kier alpha value is 0.820. The van der Waals surface area contributed by atoms with Crippen LogP contribution in [0.3, 0.4) is 0 Å². The van der Waals surface area contributed by atoms with Gasteiger partial charge in [-0.25, -0.2) is 0 Å². The van der Waals surface area contributed by atoms with Crippen molar-refractivity contribution in [3.8, 4) is 0 Å². The maximum atomic E-state index is 8.06. The maximum Gasteiger partial charge on any atom is 0.270 e. The normalized spacial score (nSPS) is 11.8. The van der Waals surface area contributed by atoms with Crippen molar-refractivity contribution in [1.82, 2.24) is 4.61 Å². The number of nitrogens with one attached hydrogen (secondary N) is 1. The highest BCUT2D eigenvalue weighted by atomic mass is 35.5. The summed E-state index contributed by atoms with van der Waals surface area (Å²) in [5, 5.41) is 0. The molecule has 0 saturated heterocycles. The summed E-state index contributed by atoms with van der Waals surface area (Å²) in [7, 11) is 0. The molecule has 0 aromatic rings. The lowest BCUT2D eigenvalue weighted by Gasteiger charge is -1.97. The summed E-state index contributed by atoms with van der Waals surface area (Å²) in [6.45, 7) is -3.30. The molecule has 3 nitrogen and oxygen atoms in total. The van der Waals surface area contributed by atoms with Crippen LogP contribution < -0.4 is 4.61 Å². The molecule has 0 atom stereocenters. The molecule has 3 N–H and O–H groups in total. The number of hydrogen-bond acceptors (Lipinski definition) is 1. The van der Waals surface area contributed by atoms with E-state index in [4.69, 9.17) is 9.79 Å². The van der Waals surface area contributed by atoms with Gasteiger partial charge in [-0.2, -0.15) is 4.61 Å². The van der Waals surface area contributed by atoms with Gasteiger partial charge in [0.25, 0.3) is 6.64 Å². The Labute approximate surface area is 45.3 Å². The third-order valence-corrected chi connectivity index (χ3v) is 1.61. The van der Waals surface area contributed by atoms with Gasteiger partial charge in [-0.15, -0.1) is 0 Å². The highest BCUT2D eigenvalue weighted by molar-refractivity contribution is 8.08. The largest absolute Gasteiger partial charge is 0.333 e. The topological polar surface area (TPSA) is 52.5 Å². The van der Waals surface area contributed by atoms with Crippen molar-refractivity contribution in [2.24, 2.45) is 0 Å². The molecule has 0 aliphatic rings. The summed E-state index contributed by atoms with van der Waals surface area (Å²) in [6.07, 6.45) is 0. The Morgan fingerprint density at radius 3 is 1.83 bits per heavy atom. The minimum Gasteiger partial charge on any atom is -0.333 e.